The summed E-state index contributed by atoms with van der Waals surface area (Å²) in [6.07, 6.45) is 1.29. The zero-order valence-corrected chi connectivity index (χ0v) is 16.4. The van der Waals surface area contributed by atoms with Crippen LogP contribution >= 0.6 is 0 Å². The average Bonchev–Trinajstić information content (AvgIpc) is 3.30. The van der Waals surface area contributed by atoms with Gasteiger partial charge in [-0.3, -0.25) is 9.69 Å². The molecule has 1 aromatic heterocycles. The molecular formula is C22H24N4O3. The van der Waals surface area contributed by atoms with Crippen molar-refractivity contribution >= 4 is 5.91 Å². The van der Waals surface area contributed by atoms with Crippen molar-refractivity contribution in [2.75, 3.05) is 32.8 Å². The lowest BCUT2D eigenvalue weighted by Crippen LogP contribution is -2.43. The molecule has 1 aliphatic rings. The molecule has 29 heavy (non-hydrogen) atoms. The van der Waals surface area contributed by atoms with Gasteiger partial charge in [-0.15, -0.1) is 10.2 Å². The highest BCUT2D eigenvalue weighted by atomic mass is 16.5. The Morgan fingerprint density at radius 1 is 1.10 bits per heavy atom. The molecule has 150 valence electrons. The summed E-state index contributed by atoms with van der Waals surface area (Å²) in [4.78, 5) is 15.3. The lowest BCUT2D eigenvalue weighted by atomic mass is 10.0. The Balaban J connectivity index is 1.49. The van der Waals surface area contributed by atoms with E-state index in [0.29, 0.717) is 11.5 Å². The maximum Gasteiger partial charge on any atom is 0.251 e. The smallest absolute Gasteiger partial charge is 0.251 e. The average molecular weight is 392 g/mol. The normalized spacial score (nSPS) is 15.8. The van der Waals surface area contributed by atoms with Crippen LogP contribution in [0, 0.1) is 6.92 Å². The van der Waals surface area contributed by atoms with E-state index in [4.69, 9.17) is 9.15 Å². The largest absolute Gasteiger partial charge is 0.423 e. The van der Waals surface area contributed by atoms with Gasteiger partial charge in [0.1, 0.15) is 0 Å². The summed E-state index contributed by atoms with van der Waals surface area (Å²) in [6, 6.07) is 15.4. The lowest BCUT2D eigenvalue weighted by molar-refractivity contribution is 0.0332. The van der Waals surface area contributed by atoms with Crippen LogP contribution in [0.1, 0.15) is 27.5 Å². The van der Waals surface area contributed by atoms with Gasteiger partial charge in [-0.25, -0.2) is 0 Å². The predicted octanol–water partition coefficient (Wildman–Crippen LogP) is 2.85. The van der Waals surface area contributed by atoms with Gasteiger partial charge >= 0.3 is 0 Å². The highest BCUT2D eigenvalue weighted by Crippen LogP contribution is 2.19. The third-order valence-corrected chi connectivity index (χ3v) is 5.08. The first-order valence-electron chi connectivity index (χ1n) is 9.73. The first-order chi connectivity index (χ1) is 14.2. The van der Waals surface area contributed by atoms with Crippen LogP contribution in [0.5, 0.6) is 0 Å². The number of hydrogen-bond acceptors (Lipinski definition) is 6. The molecule has 1 saturated heterocycles. The molecule has 3 aromatic rings. The van der Waals surface area contributed by atoms with Crippen LogP contribution in [0.25, 0.3) is 11.5 Å². The van der Waals surface area contributed by atoms with E-state index in [-0.39, 0.29) is 11.9 Å². The van der Waals surface area contributed by atoms with Crippen molar-refractivity contribution in [3.8, 4) is 11.5 Å². The summed E-state index contributed by atoms with van der Waals surface area (Å²) in [5.41, 5.74) is 3.66. The maximum atomic E-state index is 12.9. The van der Waals surface area contributed by atoms with Crippen molar-refractivity contribution in [3.05, 3.63) is 71.6 Å². The second-order valence-corrected chi connectivity index (χ2v) is 7.17. The first-order valence-corrected chi connectivity index (χ1v) is 9.73. The number of nitrogens with one attached hydrogen (secondary N) is 1. The van der Waals surface area contributed by atoms with Crippen molar-refractivity contribution in [3.63, 3.8) is 0 Å². The standard InChI is InChI=1S/C22H24N4O3/c1-16-2-4-17(5-3-16)20(14-26-10-12-28-13-11-26)24-21(27)18-6-8-19(9-7-18)22-25-23-15-29-22/h2-9,15,20H,10-14H2,1H3,(H,24,27)/t20-/m1/s1. The van der Waals surface area contributed by atoms with E-state index < -0.39 is 0 Å². The number of rotatable bonds is 6. The summed E-state index contributed by atoms with van der Waals surface area (Å²) in [5.74, 6) is 0.322. The van der Waals surface area contributed by atoms with Crippen LogP contribution < -0.4 is 5.32 Å². The molecule has 1 N–H and O–H groups in total. The minimum atomic E-state index is -0.110. The van der Waals surface area contributed by atoms with Gasteiger partial charge in [0.25, 0.3) is 5.91 Å². The molecular weight excluding hydrogens is 368 g/mol. The molecule has 0 aliphatic carbocycles. The number of carbonyl (C=O) groups is 1. The van der Waals surface area contributed by atoms with E-state index in [2.05, 4.69) is 51.6 Å². The van der Waals surface area contributed by atoms with Gasteiger partial charge < -0.3 is 14.5 Å². The van der Waals surface area contributed by atoms with Crippen LogP contribution in [0.4, 0.5) is 0 Å². The number of ether oxygens (including phenoxy) is 1. The number of hydrogen-bond donors (Lipinski definition) is 1. The Bertz CT molecular complexity index is 918. The Hall–Kier alpha value is -3.03. The fourth-order valence-corrected chi connectivity index (χ4v) is 3.38. The molecule has 2 aromatic carbocycles. The van der Waals surface area contributed by atoms with Gasteiger partial charge in [0.2, 0.25) is 12.3 Å². The molecule has 1 fully saturated rings. The molecule has 1 amide bonds. The number of carbonyl (C=O) groups excluding carboxylic acids is 1. The SMILES string of the molecule is Cc1ccc([C@@H](CN2CCOCC2)NC(=O)c2ccc(-c3nnco3)cc2)cc1. The van der Waals surface area contributed by atoms with E-state index in [0.717, 1.165) is 44.0 Å². The third kappa shape index (κ3) is 4.88. The van der Waals surface area contributed by atoms with Crippen LogP contribution in [-0.2, 0) is 4.74 Å². The zero-order valence-electron chi connectivity index (χ0n) is 16.4. The molecule has 7 nitrogen and oxygen atoms in total. The minimum absolute atomic E-state index is 0.100. The predicted molar refractivity (Wildman–Crippen MR) is 108 cm³/mol. The number of aromatic nitrogens is 2. The molecule has 2 heterocycles. The summed E-state index contributed by atoms with van der Waals surface area (Å²) in [7, 11) is 0. The van der Waals surface area contributed by atoms with Crippen LogP contribution in [-0.4, -0.2) is 53.9 Å². The highest BCUT2D eigenvalue weighted by molar-refractivity contribution is 5.94. The molecule has 7 heteroatoms. The van der Waals surface area contributed by atoms with Gasteiger partial charge in [0.15, 0.2) is 0 Å². The van der Waals surface area contributed by atoms with Crippen molar-refractivity contribution in [2.45, 2.75) is 13.0 Å². The van der Waals surface area contributed by atoms with Crippen LogP contribution in [0.15, 0.2) is 59.3 Å². The number of benzene rings is 2. The second kappa shape index (κ2) is 8.98. The van der Waals surface area contributed by atoms with Crippen molar-refractivity contribution in [1.82, 2.24) is 20.4 Å². The number of nitrogens with zero attached hydrogens (tertiary/aromatic N) is 3. The van der Waals surface area contributed by atoms with Gasteiger partial charge in [-0.1, -0.05) is 29.8 Å². The van der Waals surface area contributed by atoms with Crippen LogP contribution in [0.2, 0.25) is 0 Å². The monoisotopic (exact) mass is 392 g/mol. The van der Waals surface area contributed by atoms with Gasteiger partial charge in [-0.2, -0.15) is 0 Å². The fraction of sp³-hybridized carbons (Fsp3) is 0.318. The Labute approximate surface area is 169 Å². The number of morpholine rings is 1. The number of aryl methyl sites for hydroxylation is 1. The molecule has 0 spiro atoms. The fourth-order valence-electron chi connectivity index (χ4n) is 3.38. The summed E-state index contributed by atoms with van der Waals surface area (Å²) >= 11 is 0. The Morgan fingerprint density at radius 3 is 2.48 bits per heavy atom. The second-order valence-electron chi connectivity index (χ2n) is 7.17. The highest BCUT2D eigenvalue weighted by Gasteiger charge is 2.21. The first kappa shape index (κ1) is 19.3. The van der Waals surface area contributed by atoms with Crippen molar-refractivity contribution < 1.29 is 13.9 Å². The molecule has 1 aliphatic heterocycles. The molecule has 0 radical (unpaired) electrons. The summed E-state index contributed by atoms with van der Waals surface area (Å²) in [5, 5.41) is 10.8. The van der Waals surface area contributed by atoms with E-state index in [1.54, 1.807) is 12.1 Å². The molecule has 0 unspecified atom stereocenters. The summed E-state index contributed by atoms with van der Waals surface area (Å²) in [6.45, 7) is 6.01. The Morgan fingerprint density at radius 2 is 1.83 bits per heavy atom. The van der Waals surface area contributed by atoms with Crippen molar-refractivity contribution in [1.29, 1.82) is 0 Å². The van der Waals surface area contributed by atoms with Crippen molar-refractivity contribution in [2.24, 2.45) is 0 Å². The zero-order chi connectivity index (χ0) is 20.1. The van der Waals surface area contributed by atoms with Crippen LogP contribution in [0.3, 0.4) is 0 Å². The number of amides is 1. The Kier molecular flexibility index (Phi) is 5.97. The van der Waals surface area contributed by atoms with E-state index >= 15 is 0 Å². The lowest BCUT2D eigenvalue weighted by Gasteiger charge is -2.31. The maximum absolute atomic E-state index is 12.9. The van der Waals surface area contributed by atoms with Gasteiger partial charge in [0, 0.05) is 30.8 Å². The third-order valence-electron chi connectivity index (χ3n) is 5.08. The van der Waals surface area contributed by atoms with E-state index in [1.165, 1.54) is 12.0 Å². The molecule has 4 rings (SSSR count). The molecule has 1 atom stereocenters. The van der Waals surface area contributed by atoms with E-state index in [9.17, 15) is 4.79 Å². The van der Waals surface area contributed by atoms with Gasteiger partial charge in [0.05, 0.1) is 19.3 Å². The van der Waals surface area contributed by atoms with E-state index in [1.807, 2.05) is 12.1 Å². The molecule has 0 bridgehead atoms. The topological polar surface area (TPSA) is 80.5 Å². The molecule has 0 saturated carbocycles. The van der Waals surface area contributed by atoms with Gasteiger partial charge in [-0.05, 0) is 36.8 Å². The minimum Gasteiger partial charge on any atom is -0.423 e. The summed E-state index contributed by atoms with van der Waals surface area (Å²) < 4.78 is 10.6. The quantitative estimate of drug-likeness (QED) is 0.695.